The summed E-state index contributed by atoms with van der Waals surface area (Å²) in [5.74, 6) is 0.382. The summed E-state index contributed by atoms with van der Waals surface area (Å²) in [6.45, 7) is 2.30. The number of ether oxygens (including phenoxy) is 1. The van der Waals surface area contributed by atoms with Crippen molar-refractivity contribution in [2.24, 2.45) is 0 Å². The van der Waals surface area contributed by atoms with E-state index in [-0.39, 0.29) is 24.8 Å². The number of carbonyl (C=O) groups excluding carboxylic acids is 2. The predicted octanol–water partition coefficient (Wildman–Crippen LogP) is 0.864. The third kappa shape index (κ3) is 4.37. The number of aryl methyl sites for hydroxylation is 1. The van der Waals surface area contributed by atoms with Crippen LogP contribution in [-0.2, 0) is 4.79 Å². The third-order valence-electron chi connectivity index (χ3n) is 2.76. The van der Waals surface area contributed by atoms with Gasteiger partial charge in [0.15, 0.2) is 5.78 Å². The first-order chi connectivity index (χ1) is 8.97. The molecule has 19 heavy (non-hydrogen) atoms. The molecule has 0 atom stereocenters. The van der Waals surface area contributed by atoms with Crippen LogP contribution in [0, 0.1) is 6.92 Å². The van der Waals surface area contributed by atoms with Gasteiger partial charge in [-0.05, 0) is 31.7 Å². The fourth-order valence-corrected chi connectivity index (χ4v) is 1.74. The van der Waals surface area contributed by atoms with Gasteiger partial charge in [-0.25, -0.2) is 0 Å². The van der Waals surface area contributed by atoms with E-state index < -0.39 is 0 Å². The molecule has 0 saturated carbocycles. The first-order valence-corrected chi connectivity index (χ1v) is 6.05. The quantitative estimate of drug-likeness (QED) is 0.774. The van der Waals surface area contributed by atoms with Crippen LogP contribution >= 0.6 is 0 Å². The van der Waals surface area contributed by atoms with Gasteiger partial charge in [0.25, 0.3) is 0 Å². The number of Topliss-reactive ketones (excluding diaryl/α,β-unsaturated/α-hetero) is 1. The number of hydrogen-bond donors (Lipinski definition) is 1. The van der Waals surface area contributed by atoms with Gasteiger partial charge in [0.2, 0.25) is 5.91 Å². The Morgan fingerprint density at radius 1 is 1.32 bits per heavy atom. The van der Waals surface area contributed by atoms with Crippen molar-refractivity contribution in [2.45, 2.75) is 6.92 Å². The van der Waals surface area contributed by atoms with Crippen molar-refractivity contribution in [3.8, 4) is 5.75 Å². The smallest absolute Gasteiger partial charge is 0.233 e. The molecule has 0 radical (unpaired) electrons. The lowest BCUT2D eigenvalue weighted by Gasteiger charge is -2.15. The van der Waals surface area contributed by atoms with Gasteiger partial charge in [0, 0.05) is 7.05 Å². The minimum Gasteiger partial charge on any atom is -0.496 e. The van der Waals surface area contributed by atoms with E-state index in [1.165, 1.54) is 0 Å². The van der Waals surface area contributed by atoms with E-state index in [9.17, 15) is 9.59 Å². The van der Waals surface area contributed by atoms with Crippen molar-refractivity contribution < 1.29 is 14.3 Å². The van der Waals surface area contributed by atoms with E-state index in [0.29, 0.717) is 11.3 Å². The monoisotopic (exact) mass is 264 g/mol. The molecule has 1 amide bonds. The molecule has 0 spiro atoms. The summed E-state index contributed by atoms with van der Waals surface area (Å²) in [6.07, 6.45) is 0. The van der Waals surface area contributed by atoms with E-state index in [1.54, 1.807) is 32.2 Å². The van der Waals surface area contributed by atoms with Gasteiger partial charge < -0.3 is 10.1 Å². The zero-order valence-corrected chi connectivity index (χ0v) is 11.8. The topological polar surface area (TPSA) is 58.6 Å². The Kier molecular flexibility index (Phi) is 5.51. The fraction of sp³-hybridized carbons (Fsp3) is 0.429. The Balaban J connectivity index is 2.75. The van der Waals surface area contributed by atoms with Crippen LogP contribution in [0.15, 0.2) is 18.2 Å². The summed E-state index contributed by atoms with van der Waals surface area (Å²) in [5, 5.41) is 2.52. The number of carbonyl (C=O) groups is 2. The second-order valence-corrected chi connectivity index (χ2v) is 4.47. The van der Waals surface area contributed by atoms with Crippen LogP contribution in [-0.4, -0.2) is 50.9 Å². The second kappa shape index (κ2) is 6.89. The summed E-state index contributed by atoms with van der Waals surface area (Å²) >= 11 is 0. The van der Waals surface area contributed by atoms with E-state index >= 15 is 0 Å². The van der Waals surface area contributed by atoms with Crippen molar-refractivity contribution >= 4 is 11.7 Å². The van der Waals surface area contributed by atoms with E-state index in [2.05, 4.69) is 5.32 Å². The third-order valence-corrected chi connectivity index (χ3v) is 2.76. The van der Waals surface area contributed by atoms with Crippen molar-refractivity contribution in [1.82, 2.24) is 10.2 Å². The normalized spacial score (nSPS) is 10.4. The van der Waals surface area contributed by atoms with Gasteiger partial charge in [0.1, 0.15) is 5.75 Å². The molecule has 1 rings (SSSR count). The fourth-order valence-electron chi connectivity index (χ4n) is 1.74. The SMILES string of the molecule is CNC(=O)CN(C)CC(=O)c1ccc(C)cc1OC. The van der Waals surface area contributed by atoms with Crippen LogP contribution in [0.1, 0.15) is 15.9 Å². The molecule has 0 aromatic heterocycles. The minimum absolute atomic E-state index is 0.0664. The van der Waals surface area contributed by atoms with Crippen molar-refractivity contribution in [3.63, 3.8) is 0 Å². The van der Waals surface area contributed by atoms with Crippen molar-refractivity contribution in [3.05, 3.63) is 29.3 Å². The molecule has 5 heteroatoms. The average Bonchev–Trinajstić information content (AvgIpc) is 2.37. The van der Waals surface area contributed by atoms with Crippen LogP contribution in [0.2, 0.25) is 0 Å². The highest BCUT2D eigenvalue weighted by atomic mass is 16.5. The highest BCUT2D eigenvalue weighted by Gasteiger charge is 2.15. The molecule has 0 unspecified atom stereocenters. The van der Waals surface area contributed by atoms with Crippen LogP contribution in [0.4, 0.5) is 0 Å². The second-order valence-electron chi connectivity index (χ2n) is 4.47. The van der Waals surface area contributed by atoms with Crippen LogP contribution < -0.4 is 10.1 Å². The summed E-state index contributed by atoms with van der Waals surface area (Å²) in [6, 6.07) is 5.45. The number of hydrogen-bond acceptors (Lipinski definition) is 4. The molecule has 0 aliphatic heterocycles. The number of ketones is 1. The number of nitrogens with zero attached hydrogens (tertiary/aromatic N) is 1. The Hall–Kier alpha value is -1.88. The number of amides is 1. The molecule has 0 fully saturated rings. The zero-order valence-electron chi connectivity index (χ0n) is 11.8. The van der Waals surface area contributed by atoms with Gasteiger partial charge in [-0.3, -0.25) is 14.5 Å². The minimum atomic E-state index is -0.119. The summed E-state index contributed by atoms with van der Waals surface area (Å²) in [5.41, 5.74) is 1.57. The number of methoxy groups -OCH3 is 1. The van der Waals surface area contributed by atoms with Crippen LogP contribution in [0.3, 0.4) is 0 Å². The lowest BCUT2D eigenvalue weighted by molar-refractivity contribution is -0.121. The van der Waals surface area contributed by atoms with E-state index in [0.717, 1.165) is 5.56 Å². The maximum absolute atomic E-state index is 12.2. The molecule has 1 aromatic carbocycles. The van der Waals surface area contributed by atoms with E-state index in [4.69, 9.17) is 4.74 Å². The molecule has 104 valence electrons. The highest BCUT2D eigenvalue weighted by Crippen LogP contribution is 2.20. The van der Waals surface area contributed by atoms with Crippen LogP contribution in [0.5, 0.6) is 5.75 Å². The number of rotatable bonds is 6. The Labute approximate surface area is 113 Å². The first-order valence-electron chi connectivity index (χ1n) is 6.05. The number of likely N-dealkylation sites (N-methyl/N-ethyl adjacent to an activating group) is 2. The number of benzene rings is 1. The first kappa shape index (κ1) is 15.2. The van der Waals surface area contributed by atoms with Gasteiger partial charge in [-0.15, -0.1) is 0 Å². The zero-order chi connectivity index (χ0) is 14.4. The van der Waals surface area contributed by atoms with Crippen molar-refractivity contribution in [2.75, 3.05) is 34.3 Å². The maximum atomic E-state index is 12.2. The standard InChI is InChI=1S/C14H20N2O3/c1-10-5-6-11(13(7-10)19-4)12(17)8-16(3)9-14(18)15-2/h5-7H,8-9H2,1-4H3,(H,15,18). The lowest BCUT2D eigenvalue weighted by Crippen LogP contribution is -2.36. The Bertz CT molecular complexity index is 472. The largest absolute Gasteiger partial charge is 0.496 e. The molecule has 0 bridgehead atoms. The molecule has 1 aromatic rings. The molecular formula is C14H20N2O3. The Morgan fingerprint density at radius 2 is 2.00 bits per heavy atom. The molecule has 0 aliphatic carbocycles. The van der Waals surface area contributed by atoms with Gasteiger partial charge in [0.05, 0.1) is 25.8 Å². The molecular weight excluding hydrogens is 244 g/mol. The molecule has 1 N–H and O–H groups in total. The molecule has 5 nitrogen and oxygen atoms in total. The summed E-state index contributed by atoms with van der Waals surface area (Å²) in [7, 11) is 4.84. The summed E-state index contributed by atoms with van der Waals surface area (Å²) < 4.78 is 5.21. The summed E-state index contributed by atoms with van der Waals surface area (Å²) in [4.78, 5) is 25.0. The van der Waals surface area contributed by atoms with Gasteiger partial charge >= 0.3 is 0 Å². The maximum Gasteiger partial charge on any atom is 0.233 e. The lowest BCUT2D eigenvalue weighted by atomic mass is 10.1. The van der Waals surface area contributed by atoms with Crippen LogP contribution in [0.25, 0.3) is 0 Å². The number of nitrogens with one attached hydrogen (secondary N) is 1. The molecule has 0 aliphatic rings. The molecule has 0 heterocycles. The van der Waals surface area contributed by atoms with Gasteiger partial charge in [-0.1, -0.05) is 6.07 Å². The molecule has 0 saturated heterocycles. The van der Waals surface area contributed by atoms with E-state index in [1.807, 2.05) is 19.1 Å². The average molecular weight is 264 g/mol. The predicted molar refractivity (Wildman–Crippen MR) is 73.6 cm³/mol. The van der Waals surface area contributed by atoms with Gasteiger partial charge in [-0.2, -0.15) is 0 Å². The highest BCUT2D eigenvalue weighted by molar-refractivity contribution is 6.00. The van der Waals surface area contributed by atoms with Crippen molar-refractivity contribution in [1.29, 1.82) is 0 Å². The Morgan fingerprint density at radius 3 is 2.58 bits per heavy atom.